The number of carbonyl (C=O) groups is 1. The Kier molecular flexibility index (Phi) is 5.12. The first-order chi connectivity index (χ1) is 9.18. The number of amides is 1. The van der Waals surface area contributed by atoms with Gasteiger partial charge in [0, 0.05) is 7.05 Å². The van der Waals surface area contributed by atoms with Crippen LogP contribution in [0.1, 0.15) is 32.1 Å². The maximum Gasteiger partial charge on any atom is 0.233 e. The molecule has 0 aromatic carbocycles. The summed E-state index contributed by atoms with van der Waals surface area (Å²) in [6.45, 7) is 2.17. The van der Waals surface area contributed by atoms with E-state index in [0.29, 0.717) is 5.75 Å². The summed E-state index contributed by atoms with van der Waals surface area (Å²) < 4.78 is 0. The number of hydrogen-bond donors (Lipinski definition) is 1. The van der Waals surface area contributed by atoms with Crippen LogP contribution in [-0.2, 0) is 4.79 Å². The second-order valence-corrected chi connectivity index (χ2v) is 6.73. The van der Waals surface area contributed by atoms with Crippen LogP contribution in [0.4, 0.5) is 0 Å². The number of thioether (sulfide) groups is 1. The number of hydrogen-bond acceptors (Lipinski definition) is 4. The van der Waals surface area contributed by atoms with Crippen molar-refractivity contribution in [2.75, 3.05) is 31.6 Å². The molecular weight excluding hydrogens is 258 g/mol. The highest BCUT2D eigenvalue weighted by Crippen LogP contribution is 2.32. The molecule has 1 amide bonds. The van der Waals surface area contributed by atoms with E-state index < -0.39 is 5.54 Å². The SMILES string of the molecule is CN(C(=O)CSCC1CNC1)C1(C#N)CCCCC1. The summed E-state index contributed by atoms with van der Waals surface area (Å²) in [6.07, 6.45) is 4.99. The quantitative estimate of drug-likeness (QED) is 0.832. The average Bonchev–Trinajstić information content (AvgIpc) is 2.41. The summed E-state index contributed by atoms with van der Waals surface area (Å²) in [5.41, 5.74) is -0.534. The molecule has 106 valence electrons. The van der Waals surface area contributed by atoms with Gasteiger partial charge in [0.1, 0.15) is 5.54 Å². The minimum absolute atomic E-state index is 0.112. The van der Waals surface area contributed by atoms with Gasteiger partial charge in [0.05, 0.1) is 11.8 Å². The van der Waals surface area contributed by atoms with Crippen molar-refractivity contribution in [3.05, 3.63) is 0 Å². The van der Waals surface area contributed by atoms with Crippen molar-refractivity contribution < 1.29 is 4.79 Å². The van der Waals surface area contributed by atoms with E-state index in [-0.39, 0.29) is 5.91 Å². The molecule has 4 nitrogen and oxygen atoms in total. The van der Waals surface area contributed by atoms with E-state index in [2.05, 4.69) is 11.4 Å². The average molecular weight is 281 g/mol. The van der Waals surface area contributed by atoms with E-state index in [1.54, 1.807) is 16.7 Å². The number of rotatable bonds is 5. The lowest BCUT2D eigenvalue weighted by atomic mass is 9.81. The molecule has 0 aromatic heterocycles. The Hall–Kier alpha value is -0.730. The molecule has 1 aliphatic carbocycles. The fourth-order valence-corrected chi connectivity index (χ4v) is 3.83. The highest BCUT2D eigenvalue weighted by molar-refractivity contribution is 7.99. The van der Waals surface area contributed by atoms with Crippen LogP contribution in [0.5, 0.6) is 0 Å². The van der Waals surface area contributed by atoms with Crippen LogP contribution in [0, 0.1) is 17.2 Å². The van der Waals surface area contributed by atoms with E-state index in [1.807, 2.05) is 7.05 Å². The lowest BCUT2D eigenvalue weighted by molar-refractivity contribution is -0.131. The molecule has 0 aromatic rings. The van der Waals surface area contributed by atoms with Gasteiger partial charge in [-0.1, -0.05) is 19.3 Å². The maximum absolute atomic E-state index is 12.2. The van der Waals surface area contributed by atoms with Gasteiger partial charge in [-0.15, -0.1) is 0 Å². The van der Waals surface area contributed by atoms with Crippen LogP contribution in [0.3, 0.4) is 0 Å². The molecule has 1 heterocycles. The molecule has 0 bridgehead atoms. The number of nitrogens with zero attached hydrogens (tertiary/aromatic N) is 2. The Morgan fingerprint density at radius 3 is 2.63 bits per heavy atom. The minimum atomic E-state index is -0.534. The van der Waals surface area contributed by atoms with Crippen molar-refractivity contribution in [1.29, 1.82) is 5.26 Å². The second kappa shape index (κ2) is 6.62. The van der Waals surface area contributed by atoms with Crippen LogP contribution in [0.25, 0.3) is 0 Å². The molecule has 1 saturated heterocycles. The summed E-state index contributed by atoms with van der Waals surface area (Å²) in [6, 6.07) is 2.41. The Bertz CT molecular complexity index is 356. The fourth-order valence-electron chi connectivity index (χ4n) is 2.77. The molecule has 1 aliphatic heterocycles. The van der Waals surface area contributed by atoms with Crippen molar-refractivity contribution in [2.24, 2.45) is 5.92 Å². The number of carbonyl (C=O) groups excluding carboxylic acids is 1. The third-order valence-electron chi connectivity index (χ3n) is 4.35. The molecule has 5 heteroatoms. The predicted molar refractivity (Wildman–Crippen MR) is 77.9 cm³/mol. The third kappa shape index (κ3) is 3.43. The van der Waals surface area contributed by atoms with Gasteiger partial charge in [-0.2, -0.15) is 17.0 Å². The normalized spacial score (nSPS) is 22.3. The summed E-state index contributed by atoms with van der Waals surface area (Å²) in [7, 11) is 1.81. The largest absolute Gasteiger partial charge is 0.326 e. The zero-order valence-electron chi connectivity index (χ0n) is 11.7. The maximum atomic E-state index is 12.2. The van der Waals surface area contributed by atoms with Crippen molar-refractivity contribution in [3.8, 4) is 6.07 Å². The Labute approximate surface area is 119 Å². The third-order valence-corrected chi connectivity index (χ3v) is 5.51. The van der Waals surface area contributed by atoms with Gasteiger partial charge in [-0.25, -0.2) is 0 Å². The molecule has 2 fully saturated rings. The van der Waals surface area contributed by atoms with Gasteiger partial charge >= 0.3 is 0 Å². The zero-order valence-corrected chi connectivity index (χ0v) is 12.5. The fraction of sp³-hybridized carbons (Fsp3) is 0.857. The van der Waals surface area contributed by atoms with Crippen molar-refractivity contribution in [1.82, 2.24) is 10.2 Å². The molecule has 0 atom stereocenters. The molecule has 0 unspecified atom stereocenters. The van der Waals surface area contributed by atoms with E-state index in [1.165, 1.54) is 6.42 Å². The van der Waals surface area contributed by atoms with Gasteiger partial charge in [0.2, 0.25) is 5.91 Å². The second-order valence-electron chi connectivity index (χ2n) is 5.70. The monoisotopic (exact) mass is 281 g/mol. The Morgan fingerprint density at radius 1 is 1.42 bits per heavy atom. The minimum Gasteiger partial charge on any atom is -0.326 e. The van der Waals surface area contributed by atoms with Crippen molar-refractivity contribution in [2.45, 2.75) is 37.6 Å². The molecule has 0 radical (unpaired) electrons. The van der Waals surface area contributed by atoms with Gasteiger partial charge in [-0.3, -0.25) is 4.79 Å². The topological polar surface area (TPSA) is 56.1 Å². The van der Waals surface area contributed by atoms with E-state index in [0.717, 1.165) is 50.4 Å². The van der Waals surface area contributed by atoms with Crippen molar-refractivity contribution in [3.63, 3.8) is 0 Å². The summed E-state index contributed by atoms with van der Waals surface area (Å²) in [4.78, 5) is 14.0. The first-order valence-electron chi connectivity index (χ1n) is 7.14. The smallest absolute Gasteiger partial charge is 0.233 e. The molecule has 1 N–H and O–H groups in total. The van der Waals surface area contributed by atoms with Crippen LogP contribution >= 0.6 is 11.8 Å². The molecule has 1 saturated carbocycles. The Balaban J connectivity index is 1.80. The van der Waals surface area contributed by atoms with Gasteiger partial charge in [0.15, 0.2) is 0 Å². The summed E-state index contributed by atoms with van der Waals surface area (Å²) in [5.74, 6) is 2.39. The molecular formula is C14H23N3OS. The van der Waals surface area contributed by atoms with Crippen LogP contribution in [0.15, 0.2) is 0 Å². The van der Waals surface area contributed by atoms with E-state index >= 15 is 0 Å². The molecule has 2 rings (SSSR count). The predicted octanol–water partition coefficient (Wildman–Crippen LogP) is 1.62. The van der Waals surface area contributed by atoms with E-state index in [4.69, 9.17) is 0 Å². The van der Waals surface area contributed by atoms with Gasteiger partial charge in [0.25, 0.3) is 0 Å². The lowest BCUT2D eigenvalue weighted by Crippen LogP contribution is -2.50. The van der Waals surface area contributed by atoms with Gasteiger partial charge in [-0.05, 0) is 37.6 Å². The first kappa shape index (κ1) is 14.7. The summed E-state index contributed by atoms with van der Waals surface area (Å²) >= 11 is 1.71. The standard InChI is InChI=1S/C14H23N3OS/c1-17(14(11-15)5-3-2-4-6-14)13(18)10-19-9-12-7-16-8-12/h12,16H,2-10H2,1H3. The van der Waals surface area contributed by atoms with Crippen LogP contribution < -0.4 is 5.32 Å². The molecule has 2 aliphatic rings. The summed E-state index contributed by atoms with van der Waals surface area (Å²) in [5, 5.41) is 12.7. The van der Waals surface area contributed by atoms with E-state index in [9.17, 15) is 10.1 Å². The van der Waals surface area contributed by atoms with Gasteiger partial charge < -0.3 is 10.2 Å². The Morgan fingerprint density at radius 2 is 2.11 bits per heavy atom. The highest BCUT2D eigenvalue weighted by atomic mass is 32.2. The van der Waals surface area contributed by atoms with Crippen molar-refractivity contribution >= 4 is 17.7 Å². The number of nitriles is 1. The molecule has 0 spiro atoms. The molecule has 19 heavy (non-hydrogen) atoms. The highest BCUT2D eigenvalue weighted by Gasteiger charge is 2.38. The lowest BCUT2D eigenvalue weighted by Gasteiger charge is -2.39. The first-order valence-corrected chi connectivity index (χ1v) is 8.30. The van der Waals surface area contributed by atoms with Crippen LogP contribution in [0.2, 0.25) is 0 Å². The zero-order chi connectivity index (χ0) is 13.7. The number of nitrogens with one attached hydrogen (secondary N) is 1. The van der Waals surface area contributed by atoms with Crippen LogP contribution in [-0.4, -0.2) is 48.0 Å².